The predicted octanol–water partition coefficient (Wildman–Crippen LogP) is 7.48. The summed E-state index contributed by atoms with van der Waals surface area (Å²) in [5.74, 6) is -1.30. The first-order valence-corrected chi connectivity index (χ1v) is 17.1. The van der Waals surface area contributed by atoms with Crippen LogP contribution in [-0.4, -0.2) is 71.9 Å². The third-order valence-electron chi connectivity index (χ3n) is 10.1. The lowest BCUT2D eigenvalue weighted by Gasteiger charge is -2.32. The Morgan fingerprint density at radius 3 is 2.79 bits per heavy atom. The Labute approximate surface area is 281 Å². The molecule has 3 fully saturated rings. The summed E-state index contributed by atoms with van der Waals surface area (Å²) in [7, 11) is 0. The van der Waals surface area contributed by atoms with Crippen LogP contribution >= 0.6 is 22.9 Å². The van der Waals surface area contributed by atoms with Crippen molar-refractivity contribution in [3.8, 4) is 29.0 Å². The molecule has 2 aromatic heterocycles. The van der Waals surface area contributed by atoms with Gasteiger partial charge in [0, 0.05) is 23.9 Å². The molecule has 15 heteroatoms. The van der Waals surface area contributed by atoms with Crippen LogP contribution < -0.4 is 20.1 Å². The SMILES string of the molecule is N#Cc1c(N)sc2c(F)ccc(-c3c(Cl)c4c5c(nc(OC[C@@]67CCCN6C[C@H](F)C7)nc5c3F)N(CC(F)F)C(CC3CC3)CO4)c12. The minimum Gasteiger partial charge on any atom is -0.489 e. The Balaban J connectivity index is 1.35. The molecule has 5 heterocycles. The molecular weight excluding hydrogens is 675 g/mol. The van der Waals surface area contributed by atoms with E-state index in [1.807, 2.05) is 11.0 Å². The number of nitrogens with zero attached hydrogens (tertiary/aromatic N) is 5. The molecule has 0 bridgehead atoms. The van der Waals surface area contributed by atoms with E-state index < -0.39 is 42.4 Å². The number of rotatable bonds is 8. The zero-order chi connectivity index (χ0) is 33.5. The Morgan fingerprint density at radius 1 is 1.23 bits per heavy atom. The minimum absolute atomic E-state index is 0.00147. The van der Waals surface area contributed by atoms with Crippen LogP contribution in [0.1, 0.15) is 44.1 Å². The molecule has 0 amide bonds. The maximum atomic E-state index is 17.1. The zero-order valence-corrected chi connectivity index (χ0v) is 27.1. The minimum atomic E-state index is -2.76. The number of hydrogen-bond acceptors (Lipinski definition) is 9. The fourth-order valence-corrected chi connectivity index (χ4v) is 9.08. The molecule has 3 aliphatic heterocycles. The van der Waals surface area contributed by atoms with Crippen LogP contribution in [0.3, 0.4) is 0 Å². The fourth-order valence-electron chi connectivity index (χ4n) is 7.80. The van der Waals surface area contributed by atoms with Gasteiger partial charge in [-0.1, -0.05) is 30.5 Å². The summed E-state index contributed by atoms with van der Waals surface area (Å²) in [4.78, 5) is 12.5. The number of fused-ring (bicyclic) bond motifs is 2. The maximum Gasteiger partial charge on any atom is 0.319 e. The van der Waals surface area contributed by atoms with Crippen LogP contribution in [-0.2, 0) is 0 Å². The van der Waals surface area contributed by atoms with E-state index in [4.69, 9.17) is 26.8 Å². The molecule has 2 saturated heterocycles. The van der Waals surface area contributed by atoms with Crippen LogP contribution in [0.2, 0.25) is 5.02 Å². The normalized spacial score (nSPS) is 23.9. The number of anilines is 2. The van der Waals surface area contributed by atoms with Gasteiger partial charge in [0.15, 0.2) is 11.6 Å². The molecule has 8 nitrogen and oxygen atoms in total. The summed E-state index contributed by atoms with van der Waals surface area (Å²) in [6, 6.07) is 3.63. The summed E-state index contributed by atoms with van der Waals surface area (Å²) in [6.45, 7) is 0.299. The Kier molecular flexibility index (Phi) is 7.72. The molecule has 252 valence electrons. The van der Waals surface area contributed by atoms with E-state index in [-0.39, 0.29) is 84.9 Å². The molecule has 0 spiro atoms. The van der Waals surface area contributed by atoms with Crippen LogP contribution in [0, 0.1) is 28.9 Å². The van der Waals surface area contributed by atoms with Crippen molar-refractivity contribution in [2.75, 3.05) is 43.5 Å². The van der Waals surface area contributed by atoms with Crippen LogP contribution in [0.4, 0.5) is 32.8 Å². The molecule has 4 aromatic rings. The summed E-state index contributed by atoms with van der Waals surface area (Å²) < 4.78 is 87.5. The maximum absolute atomic E-state index is 17.1. The van der Waals surface area contributed by atoms with Gasteiger partial charge in [-0.05, 0) is 43.4 Å². The zero-order valence-electron chi connectivity index (χ0n) is 25.5. The second-order valence-corrected chi connectivity index (χ2v) is 14.6. The number of aromatic nitrogens is 2. The summed E-state index contributed by atoms with van der Waals surface area (Å²) in [6.07, 6.45) is 0.528. The van der Waals surface area contributed by atoms with Crippen LogP contribution in [0.15, 0.2) is 12.1 Å². The smallest absolute Gasteiger partial charge is 0.319 e. The van der Waals surface area contributed by atoms with Crippen LogP contribution in [0.25, 0.3) is 32.1 Å². The number of nitrogen functional groups attached to an aromatic ring is 1. The van der Waals surface area contributed by atoms with Crippen molar-refractivity contribution < 1.29 is 31.4 Å². The van der Waals surface area contributed by atoms with E-state index in [0.29, 0.717) is 25.3 Å². The number of benzene rings is 2. The topological polar surface area (TPSA) is 101 Å². The summed E-state index contributed by atoms with van der Waals surface area (Å²) in [5, 5.41) is 9.84. The molecule has 2 N–H and O–H groups in total. The Hall–Kier alpha value is -3.67. The molecular formula is C33H30ClF5N6O2S. The third kappa shape index (κ3) is 5.08. The monoisotopic (exact) mass is 704 g/mol. The molecule has 1 unspecified atom stereocenters. The van der Waals surface area contributed by atoms with E-state index in [1.165, 1.54) is 11.0 Å². The second kappa shape index (κ2) is 11.7. The number of thiophene rings is 1. The Morgan fingerprint density at radius 2 is 2.04 bits per heavy atom. The lowest BCUT2D eigenvalue weighted by Crippen LogP contribution is -2.44. The molecule has 4 aliphatic rings. The van der Waals surface area contributed by atoms with E-state index in [9.17, 15) is 22.8 Å². The van der Waals surface area contributed by atoms with Gasteiger partial charge in [-0.15, -0.1) is 11.3 Å². The average molecular weight is 705 g/mol. The van der Waals surface area contributed by atoms with Crippen LogP contribution in [0.5, 0.6) is 11.8 Å². The molecule has 1 aliphatic carbocycles. The fraction of sp³-hybridized carbons (Fsp3) is 0.485. The van der Waals surface area contributed by atoms with Gasteiger partial charge in [0.25, 0.3) is 6.43 Å². The first kappa shape index (κ1) is 31.6. The predicted molar refractivity (Wildman–Crippen MR) is 173 cm³/mol. The first-order chi connectivity index (χ1) is 23.1. The quantitative estimate of drug-likeness (QED) is 0.189. The van der Waals surface area contributed by atoms with Crippen molar-refractivity contribution in [3.05, 3.63) is 34.4 Å². The van der Waals surface area contributed by atoms with Gasteiger partial charge in [0.1, 0.15) is 47.6 Å². The van der Waals surface area contributed by atoms with Crippen molar-refractivity contribution >= 4 is 54.7 Å². The van der Waals surface area contributed by atoms with Crippen molar-refractivity contribution in [1.82, 2.24) is 14.9 Å². The number of alkyl halides is 3. The standard InChI is InChI=1S/C33H30ClF5N6O2S/c34-25-23(18-4-5-20(36)29-22(18)19(10-40)30(41)48-29)26(39)27-24-28(25)46-13-17(8-15-2-3-15)45(12-21(37)38)31(24)43-32(42-27)47-14-33-6-1-7-44(33)11-16(35)9-33/h4-5,15-17,21H,1-3,6-9,11-14,41H2/t16-,17?,33+/m1/s1. The molecule has 3 atom stereocenters. The number of nitriles is 1. The van der Waals surface area contributed by atoms with Gasteiger partial charge < -0.3 is 20.1 Å². The third-order valence-corrected chi connectivity index (χ3v) is 11.5. The van der Waals surface area contributed by atoms with E-state index in [0.717, 1.165) is 43.2 Å². The van der Waals surface area contributed by atoms with Gasteiger partial charge in [-0.2, -0.15) is 15.2 Å². The van der Waals surface area contributed by atoms with E-state index in [2.05, 4.69) is 9.97 Å². The van der Waals surface area contributed by atoms with Gasteiger partial charge >= 0.3 is 6.01 Å². The molecule has 8 rings (SSSR count). The number of ether oxygens (including phenoxy) is 2. The largest absolute Gasteiger partial charge is 0.489 e. The highest BCUT2D eigenvalue weighted by Gasteiger charge is 2.49. The van der Waals surface area contributed by atoms with E-state index in [1.54, 1.807) is 0 Å². The molecule has 0 radical (unpaired) electrons. The molecule has 1 saturated carbocycles. The first-order valence-electron chi connectivity index (χ1n) is 15.9. The lowest BCUT2D eigenvalue weighted by molar-refractivity contribution is 0.107. The van der Waals surface area contributed by atoms with Gasteiger partial charge in [-0.25, -0.2) is 22.0 Å². The second-order valence-electron chi connectivity index (χ2n) is 13.2. The van der Waals surface area contributed by atoms with Crippen molar-refractivity contribution in [3.63, 3.8) is 0 Å². The number of nitrogens with two attached hydrogens (primary N) is 1. The lowest BCUT2D eigenvalue weighted by atomic mass is 9.95. The van der Waals surface area contributed by atoms with Gasteiger partial charge in [-0.3, -0.25) is 4.90 Å². The molecule has 48 heavy (non-hydrogen) atoms. The highest BCUT2D eigenvalue weighted by Crippen LogP contribution is 2.52. The van der Waals surface area contributed by atoms with Crippen molar-refractivity contribution in [2.45, 2.75) is 62.7 Å². The summed E-state index contributed by atoms with van der Waals surface area (Å²) in [5.41, 5.74) is 5.03. The van der Waals surface area contributed by atoms with Crippen molar-refractivity contribution in [1.29, 1.82) is 5.26 Å². The van der Waals surface area contributed by atoms with E-state index >= 15 is 4.39 Å². The summed E-state index contributed by atoms with van der Waals surface area (Å²) >= 11 is 7.82. The van der Waals surface area contributed by atoms with Gasteiger partial charge in [0.05, 0.1) is 38.8 Å². The van der Waals surface area contributed by atoms with Crippen molar-refractivity contribution in [2.24, 2.45) is 5.92 Å². The molecule has 2 aromatic carbocycles. The number of hydrogen-bond donors (Lipinski definition) is 1. The Bertz CT molecular complexity index is 2000. The highest BCUT2D eigenvalue weighted by molar-refractivity contribution is 7.23. The van der Waals surface area contributed by atoms with Gasteiger partial charge in [0.2, 0.25) is 0 Å². The average Bonchev–Trinajstić information content (AvgIpc) is 3.61. The number of halogens is 6. The highest BCUT2D eigenvalue weighted by atomic mass is 35.5.